The maximum absolute atomic E-state index is 13.8. The summed E-state index contributed by atoms with van der Waals surface area (Å²) >= 11 is 0. The second-order valence-corrected chi connectivity index (χ2v) is 7.73. The van der Waals surface area contributed by atoms with Gasteiger partial charge < -0.3 is 20.3 Å². The SMILES string of the molecule is CN1CCC(Oc2ccc(NC(=O)Nc3ccccc3F)cc2-c2ccnn2C)CC1. The third kappa shape index (κ3) is 5.03. The van der Waals surface area contributed by atoms with E-state index in [2.05, 4.69) is 27.7 Å². The first-order valence-corrected chi connectivity index (χ1v) is 10.3. The van der Waals surface area contributed by atoms with Crippen molar-refractivity contribution in [3.05, 3.63) is 60.5 Å². The molecule has 1 aliphatic rings. The van der Waals surface area contributed by atoms with E-state index in [9.17, 15) is 9.18 Å². The Bertz CT molecular complexity index is 1060. The summed E-state index contributed by atoms with van der Waals surface area (Å²) in [5.41, 5.74) is 2.40. The van der Waals surface area contributed by atoms with E-state index in [1.807, 2.05) is 25.2 Å². The molecule has 8 heteroatoms. The van der Waals surface area contributed by atoms with Crippen molar-refractivity contribution < 1.29 is 13.9 Å². The first-order valence-electron chi connectivity index (χ1n) is 10.3. The Morgan fingerprint density at radius 1 is 1.10 bits per heavy atom. The van der Waals surface area contributed by atoms with Crippen LogP contribution in [0.3, 0.4) is 0 Å². The van der Waals surface area contributed by atoms with Crippen LogP contribution in [-0.4, -0.2) is 47.0 Å². The van der Waals surface area contributed by atoms with Crippen molar-refractivity contribution >= 4 is 17.4 Å². The second-order valence-electron chi connectivity index (χ2n) is 7.73. The number of urea groups is 1. The van der Waals surface area contributed by atoms with Crippen LogP contribution >= 0.6 is 0 Å². The minimum atomic E-state index is -0.523. The molecule has 0 radical (unpaired) electrons. The average Bonchev–Trinajstić information content (AvgIpc) is 3.18. The van der Waals surface area contributed by atoms with Crippen molar-refractivity contribution in [1.29, 1.82) is 0 Å². The highest BCUT2D eigenvalue weighted by molar-refractivity contribution is 6.00. The number of anilines is 2. The molecule has 1 saturated heterocycles. The number of aryl methyl sites for hydroxylation is 1. The first-order chi connectivity index (χ1) is 15.0. The van der Waals surface area contributed by atoms with E-state index in [-0.39, 0.29) is 11.8 Å². The number of nitrogens with zero attached hydrogens (tertiary/aromatic N) is 3. The highest BCUT2D eigenvalue weighted by Crippen LogP contribution is 2.34. The molecule has 31 heavy (non-hydrogen) atoms. The summed E-state index contributed by atoms with van der Waals surface area (Å²) in [6, 6.07) is 12.9. The van der Waals surface area contributed by atoms with Gasteiger partial charge in [0.1, 0.15) is 17.7 Å². The molecule has 4 rings (SSSR count). The zero-order valence-electron chi connectivity index (χ0n) is 17.6. The van der Waals surface area contributed by atoms with Crippen molar-refractivity contribution in [1.82, 2.24) is 14.7 Å². The number of aromatic nitrogens is 2. The van der Waals surface area contributed by atoms with Gasteiger partial charge in [0.25, 0.3) is 0 Å². The number of likely N-dealkylation sites (tertiary alicyclic amines) is 1. The van der Waals surface area contributed by atoms with Crippen molar-refractivity contribution in [2.24, 2.45) is 7.05 Å². The highest BCUT2D eigenvalue weighted by Gasteiger charge is 2.21. The summed E-state index contributed by atoms with van der Waals surface area (Å²) in [6.07, 6.45) is 3.80. The number of para-hydroxylation sites is 1. The Balaban J connectivity index is 1.55. The molecule has 1 aromatic heterocycles. The fraction of sp³-hybridized carbons (Fsp3) is 0.304. The minimum absolute atomic E-state index is 0.120. The Labute approximate surface area is 180 Å². The van der Waals surface area contributed by atoms with E-state index in [4.69, 9.17) is 4.74 Å². The molecule has 2 N–H and O–H groups in total. The van der Waals surface area contributed by atoms with Crippen LogP contribution in [0.2, 0.25) is 0 Å². The molecule has 7 nitrogen and oxygen atoms in total. The number of halogens is 1. The number of ether oxygens (including phenoxy) is 1. The number of rotatable bonds is 5. The van der Waals surface area contributed by atoms with Gasteiger partial charge in [-0.3, -0.25) is 4.68 Å². The lowest BCUT2D eigenvalue weighted by atomic mass is 10.1. The lowest BCUT2D eigenvalue weighted by Crippen LogP contribution is -2.35. The van der Waals surface area contributed by atoms with Crippen LogP contribution in [0.1, 0.15) is 12.8 Å². The van der Waals surface area contributed by atoms with Gasteiger partial charge in [-0.2, -0.15) is 5.10 Å². The smallest absolute Gasteiger partial charge is 0.323 e. The van der Waals surface area contributed by atoms with Crippen molar-refractivity contribution in [2.45, 2.75) is 18.9 Å². The van der Waals surface area contributed by atoms with Crippen LogP contribution in [0.25, 0.3) is 11.3 Å². The van der Waals surface area contributed by atoms with Crippen LogP contribution in [-0.2, 0) is 7.05 Å². The molecule has 0 saturated carbocycles. The van der Waals surface area contributed by atoms with Gasteiger partial charge in [-0.05, 0) is 56.3 Å². The summed E-state index contributed by atoms with van der Waals surface area (Å²) in [4.78, 5) is 14.7. The maximum atomic E-state index is 13.8. The van der Waals surface area contributed by atoms with E-state index in [0.29, 0.717) is 5.69 Å². The van der Waals surface area contributed by atoms with Gasteiger partial charge >= 0.3 is 6.03 Å². The molecule has 1 aliphatic heterocycles. The molecule has 162 valence electrons. The van der Waals surface area contributed by atoms with Crippen LogP contribution in [0, 0.1) is 5.82 Å². The molecule has 2 aromatic carbocycles. The number of hydrogen-bond donors (Lipinski definition) is 2. The zero-order chi connectivity index (χ0) is 21.8. The Kier molecular flexibility index (Phi) is 6.18. The number of carbonyl (C=O) groups excluding carboxylic acids is 1. The molecule has 1 fully saturated rings. The third-order valence-electron chi connectivity index (χ3n) is 5.42. The topological polar surface area (TPSA) is 71.4 Å². The van der Waals surface area contributed by atoms with Gasteiger partial charge in [0.15, 0.2) is 0 Å². The highest BCUT2D eigenvalue weighted by atomic mass is 19.1. The molecule has 2 heterocycles. The second kappa shape index (κ2) is 9.18. The number of benzene rings is 2. The lowest BCUT2D eigenvalue weighted by Gasteiger charge is -2.30. The van der Waals surface area contributed by atoms with Crippen LogP contribution in [0.4, 0.5) is 20.6 Å². The van der Waals surface area contributed by atoms with Crippen molar-refractivity contribution in [3.8, 4) is 17.0 Å². The normalized spacial score (nSPS) is 14.9. The molecule has 0 spiro atoms. The van der Waals surface area contributed by atoms with E-state index >= 15 is 0 Å². The van der Waals surface area contributed by atoms with Crippen molar-refractivity contribution in [3.63, 3.8) is 0 Å². The third-order valence-corrected chi connectivity index (χ3v) is 5.42. The molecular weight excluding hydrogens is 397 g/mol. The van der Waals surface area contributed by atoms with Crippen LogP contribution < -0.4 is 15.4 Å². The monoisotopic (exact) mass is 423 g/mol. The van der Waals surface area contributed by atoms with Gasteiger partial charge in [0, 0.05) is 37.6 Å². The molecule has 0 bridgehead atoms. The number of amides is 2. The molecule has 2 amide bonds. The Morgan fingerprint density at radius 2 is 1.87 bits per heavy atom. The summed E-state index contributed by atoms with van der Waals surface area (Å²) in [5, 5.41) is 9.56. The van der Waals surface area contributed by atoms with Crippen molar-refractivity contribution in [2.75, 3.05) is 30.8 Å². The molecule has 0 aliphatic carbocycles. The van der Waals surface area contributed by atoms with Crippen LogP contribution in [0.5, 0.6) is 5.75 Å². The van der Waals surface area contributed by atoms with Gasteiger partial charge in [-0.25, -0.2) is 9.18 Å². The lowest BCUT2D eigenvalue weighted by molar-refractivity contribution is 0.115. The number of hydrogen-bond acceptors (Lipinski definition) is 4. The largest absolute Gasteiger partial charge is 0.490 e. The van der Waals surface area contributed by atoms with E-state index in [0.717, 1.165) is 42.9 Å². The van der Waals surface area contributed by atoms with E-state index in [1.54, 1.807) is 29.1 Å². The summed E-state index contributed by atoms with van der Waals surface area (Å²) in [6.45, 7) is 2.00. The molecular formula is C23H26FN5O2. The first kappa shape index (κ1) is 20.9. The van der Waals surface area contributed by atoms with Gasteiger partial charge in [-0.15, -0.1) is 0 Å². The standard InChI is InChI=1S/C23H26FN5O2/c1-28-13-10-17(11-14-28)31-22-8-7-16(15-18(22)21-9-12-25-29(21)2)26-23(30)27-20-6-4-3-5-19(20)24/h3-9,12,15,17H,10-11,13-14H2,1-2H3,(H2,26,27,30). The quantitative estimate of drug-likeness (QED) is 0.640. The van der Waals surface area contributed by atoms with E-state index < -0.39 is 11.8 Å². The fourth-order valence-corrected chi connectivity index (χ4v) is 3.68. The number of carbonyl (C=O) groups is 1. The summed E-state index contributed by atoms with van der Waals surface area (Å²) in [5.74, 6) is 0.258. The predicted octanol–water partition coefficient (Wildman–Crippen LogP) is 4.34. The van der Waals surface area contributed by atoms with E-state index in [1.165, 1.54) is 12.1 Å². The number of nitrogens with one attached hydrogen (secondary N) is 2. The molecule has 0 atom stereocenters. The number of piperidine rings is 1. The molecule has 3 aromatic rings. The van der Waals surface area contributed by atoms with Gasteiger partial charge in [-0.1, -0.05) is 12.1 Å². The molecule has 0 unspecified atom stereocenters. The zero-order valence-corrected chi connectivity index (χ0v) is 17.6. The van der Waals surface area contributed by atoms with Gasteiger partial charge in [0.2, 0.25) is 0 Å². The summed E-state index contributed by atoms with van der Waals surface area (Å²) in [7, 11) is 3.98. The Morgan fingerprint density at radius 3 is 2.58 bits per heavy atom. The van der Waals surface area contributed by atoms with Crippen LogP contribution in [0.15, 0.2) is 54.7 Å². The minimum Gasteiger partial charge on any atom is -0.490 e. The summed E-state index contributed by atoms with van der Waals surface area (Å²) < 4.78 is 21.9. The predicted molar refractivity (Wildman–Crippen MR) is 119 cm³/mol. The Hall–Kier alpha value is -3.39. The average molecular weight is 423 g/mol. The van der Waals surface area contributed by atoms with Gasteiger partial charge in [0.05, 0.1) is 11.4 Å². The fourth-order valence-electron chi connectivity index (χ4n) is 3.68. The maximum Gasteiger partial charge on any atom is 0.323 e.